The Morgan fingerprint density at radius 3 is 2.76 bits per heavy atom. The quantitative estimate of drug-likeness (QED) is 0.494. The van der Waals surface area contributed by atoms with Gasteiger partial charge in [0.25, 0.3) is 0 Å². The molecular weight excluding hydrogens is 365 g/mol. The molecule has 0 aliphatic rings. The molecule has 0 amide bonds. The first-order valence-electron chi connectivity index (χ1n) is 7.46. The van der Waals surface area contributed by atoms with E-state index in [-0.39, 0.29) is 6.10 Å². The Morgan fingerprint density at radius 1 is 1.28 bits per heavy atom. The molecule has 0 spiro atoms. The molecule has 0 fully saturated rings. The van der Waals surface area contributed by atoms with Crippen molar-refractivity contribution in [2.24, 2.45) is 0 Å². The Balaban J connectivity index is 1.76. The van der Waals surface area contributed by atoms with E-state index >= 15 is 0 Å². The Bertz CT molecular complexity index is 876. The Labute approximate surface area is 149 Å². The van der Waals surface area contributed by atoms with E-state index in [0.29, 0.717) is 23.5 Å². The minimum Gasteiger partial charge on any atom is -0.382 e. The molecule has 10 heteroatoms. The number of nitrogens with two attached hydrogens (primary N) is 1. The summed E-state index contributed by atoms with van der Waals surface area (Å²) in [6.45, 7) is 2.30. The first-order valence-corrected chi connectivity index (χ1v) is 9.54. The normalized spacial score (nSPS) is 14.4. The maximum Gasteiger partial charge on any atom is 0.636 e. The van der Waals surface area contributed by atoms with Crippen molar-refractivity contribution in [1.82, 2.24) is 19.5 Å². The van der Waals surface area contributed by atoms with E-state index in [1.165, 1.54) is 6.33 Å². The summed E-state index contributed by atoms with van der Waals surface area (Å²) >= 11 is 5.51. The summed E-state index contributed by atoms with van der Waals surface area (Å²) in [6, 6.07) is 9.17. The van der Waals surface area contributed by atoms with Gasteiger partial charge < -0.3 is 15.0 Å². The van der Waals surface area contributed by atoms with E-state index in [4.69, 9.17) is 26.2 Å². The van der Waals surface area contributed by atoms with Crippen LogP contribution in [0.5, 0.6) is 0 Å². The molecule has 3 rings (SSSR count). The zero-order valence-electron chi connectivity index (χ0n) is 13.3. The van der Waals surface area contributed by atoms with E-state index in [1.54, 1.807) is 10.9 Å². The summed E-state index contributed by atoms with van der Waals surface area (Å²) in [5.41, 5.74) is 7.66. The first kappa shape index (κ1) is 17.7. The number of aromatic nitrogens is 4. The lowest BCUT2D eigenvalue weighted by atomic mass is 10.2. The summed E-state index contributed by atoms with van der Waals surface area (Å²) in [5.74, 6) is 0.321. The number of benzene rings is 1. The molecule has 8 nitrogen and oxygen atoms in total. The van der Waals surface area contributed by atoms with Crippen molar-refractivity contribution in [2.75, 3.05) is 5.73 Å². The zero-order valence-corrected chi connectivity index (χ0v) is 15.0. The van der Waals surface area contributed by atoms with Crippen molar-refractivity contribution in [1.29, 1.82) is 0 Å². The molecule has 2 N–H and O–H groups in total. The van der Waals surface area contributed by atoms with Gasteiger partial charge in [-0.3, -0.25) is 0 Å². The summed E-state index contributed by atoms with van der Waals surface area (Å²) in [4.78, 5) is 12.3. The minimum absolute atomic E-state index is 0.301. The predicted octanol–water partition coefficient (Wildman–Crippen LogP) is 3.43. The maximum absolute atomic E-state index is 11.3. The van der Waals surface area contributed by atoms with Crippen LogP contribution in [-0.2, 0) is 20.4 Å². The zero-order chi connectivity index (χ0) is 17.8. The monoisotopic (exact) mass is 380 g/mol. The fourth-order valence-electron chi connectivity index (χ4n) is 2.41. The fraction of sp³-hybridized carbons (Fsp3) is 0.267. The van der Waals surface area contributed by atoms with Crippen molar-refractivity contribution in [3.63, 3.8) is 0 Å². The van der Waals surface area contributed by atoms with Crippen LogP contribution in [0.15, 0.2) is 43.0 Å². The summed E-state index contributed by atoms with van der Waals surface area (Å²) < 4.78 is 24.2. The summed E-state index contributed by atoms with van der Waals surface area (Å²) in [6.07, 6.45) is 1.86. The molecule has 0 radical (unpaired) electrons. The van der Waals surface area contributed by atoms with Crippen molar-refractivity contribution in [3.8, 4) is 0 Å². The highest BCUT2D eigenvalue weighted by atomic mass is 35.7. The number of hydrogen-bond donors (Lipinski definition) is 1. The minimum atomic E-state index is -2.34. The lowest BCUT2D eigenvalue weighted by molar-refractivity contribution is -0.116. The van der Waals surface area contributed by atoms with Gasteiger partial charge in [0.1, 0.15) is 11.8 Å². The second-order valence-electron chi connectivity index (χ2n) is 5.34. The average Bonchev–Trinajstić information content (AvgIpc) is 2.99. The number of anilines is 1. The highest BCUT2D eigenvalue weighted by Crippen LogP contribution is 2.37. The largest absolute Gasteiger partial charge is 0.636 e. The topological polar surface area (TPSA) is 105 Å². The highest BCUT2D eigenvalue weighted by molar-refractivity contribution is 7.69. The Morgan fingerprint density at radius 2 is 2.04 bits per heavy atom. The van der Waals surface area contributed by atoms with E-state index in [2.05, 4.69) is 15.0 Å². The molecule has 2 aromatic heterocycles. The van der Waals surface area contributed by atoms with Gasteiger partial charge in [0.05, 0.1) is 19.0 Å². The van der Waals surface area contributed by atoms with Crippen LogP contribution in [0.4, 0.5) is 5.82 Å². The molecule has 1 aromatic carbocycles. The smallest absolute Gasteiger partial charge is 0.382 e. The SMILES string of the molecule is C[C@H](Cn1cnc2c(N)ncnc21)OC(O[P+](=O)Cl)c1ccccc1. The maximum atomic E-state index is 11.3. The van der Waals surface area contributed by atoms with Gasteiger partial charge in [0.15, 0.2) is 11.5 Å². The second kappa shape index (κ2) is 7.84. The van der Waals surface area contributed by atoms with Crippen molar-refractivity contribution >= 4 is 35.6 Å². The third-order valence-electron chi connectivity index (χ3n) is 3.49. The van der Waals surface area contributed by atoms with Crippen LogP contribution in [0, 0.1) is 0 Å². The lowest BCUT2D eigenvalue weighted by Crippen LogP contribution is -2.20. The van der Waals surface area contributed by atoms with E-state index < -0.39 is 13.7 Å². The first-order chi connectivity index (χ1) is 12.0. The van der Waals surface area contributed by atoms with Crippen LogP contribution in [0.3, 0.4) is 0 Å². The number of fused-ring (bicyclic) bond motifs is 1. The van der Waals surface area contributed by atoms with E-state index in [0.717, 1.165) is 5.56 Å². The molecule has 0 saturated carbocycles. The molecular formula is C15H16ClN5O3P+. The van der Waals surface area contributed by atoms with E-state index in [1.807, 2.05) is 37.3 Å². The molecule has 2 unspecified atom stereocenters. The van der Waals surface area contributed by atoms with E-state index in [9.17, 15) is 4.57 Å². The number of rotatable bonds is 7. The highest BCUT2D eigenvalue weighted by Gasteiger charge is 2.27. The number of ether oxygens (including phenoxy) is 1. The molecule has 0 aliphatic carbocycles. The van der Waals surface area contributed by atoms with Gasteiger partial charge in [-0.25, -0.2) is 15.0 Å². The third kappa shape index (κ3) is 4.29. The van der Waals surface area contributed by atoms with Crippen molar-refractivity contribution in [2.45, 2.75) is 25.9 Å². The van der Waals surface area contributed by atoms with Gasteiger partial charge in [-0.05, 0) is 11.5 Å². The predicted molar refractivity (Wildman–Crippen MR) is 94.0 cm³/mol. The number of nitrogens with zero attached hydrogens (tertiary/aromatic N) is 4. The number of imidazole rings is 1. The molecule has 130 valence electrons. The number of hydrogen-bond acceptors (Lipinski definition) is 7. The molecule has 3 atom stereocenters. The average molecular weight is 381 g/mol. The molecule has 3 aromatic rings. The Hall–Kier alpha value is -2.12. The molecule has 0 aliphatic heterocycles. The van der Waals surface area contributed by atoms with Crippen molar-refractivity contribution < 1.29 is 13.8 Å². The van der Waals surface area contributed by atoms with Crippen LogP contribution in [0.25, 0.3) is 11.2 Å². The standard InChI is InChI=1S/C15H16ClN5O3P/c1-10(7-21-9-20-12-13(17)18-8-19-14(12)21)23-15(24-25(16)22)11-5-3-2-4-6-11/h2-6,8-10,15H,7H2,1H3,(H2,17,18,19)/q+1/t10-,15?/m1/s1. The van der Waals surface area contributed by atoms with Gasteiger partial charge in [-0.15, -0.1) is 0 Å². The van der Waals surface area contributed by atoms with Gasteiger partial charge in [-0.1, -0.05) is 34.9 Å². The van der Waals surface area contributed by atoms with Crippen molar-refractivity contribution in [3.05, 3.63) is 48.5 Å². The van der Waals surface area contributed by atoms with Crippen LogP contribution < -0.4 is 5.73 Å². The summed E-state index contributed by atoms with van der Waals surface area (Å²) in [7, 11) is -2.34. The van der Waals surface area contributed by atoms with Gasteiger partial charge in [0.2, 0.25) is 17.5 Å². The molecule has 2 heterocycles. The van der Waals surface area contributed by atoms with Gasteiger partial charge in [-0.2, -0.15) is 0 Å². The number of halogens is 1. The van der Waals surface area contributed by atoms with Gasteiger partial charge in [0, 0.05) is 5.56 Å². The van der Waals surface area contributed by atoms with Gasteiger partial charge >= 0.3 is 7.38 Å². The molecule has 25 heavy (non-hydrogen) atoms. The lowest BCUT2D eigenvalue weighted by Gasteiger charge is -2.18. The fourth-order valence-corrected chi connectivity index (χ4v) is 2.95. The third-order valence-corrected chi connectivity index (χ3v) is 4.09. The van der Waals surface area contributed by atoms with Crippen LogP contribution in [0.1, 0.15) is 18.8 Å². The second-order valence-corrected chi connectivity index (χ2v) is 6.80. The number of nitrogen functional groups attached to an aromatic ring is 1. The Kier molecular flexibility index (Phi) is 5.55. The summed E-state index contributed by atoms with van der Waals surface area (Å²) in [5, 5.41) is 0. The molecule has 0 saturated heterocycles. The molecule has 0 bridgehead atoms. The van der Waals surface area contributed by atoms with Crippen LogP contribution in [0.2, 0.25) is 0 Å². The van der Waals surface area contributed by atoms with Crippen LogP contribution in [-0.4, -0.2) is 25.6 Å². The van der Waals surface area contributed by atoms with Crippen LogP contribution >= 0.6 is 18.6 Å².